The van der Waals surface area contributed by atoms with Gasteiger partial charge in [0.1, 0.15) is 5.82 Å². The second-order valence-electron chi connectivity index (χ2n) is 9.25. The van der Waals surface area contributed by atoms with Gasteiger partial charge in [0, 0.05) is 49.5 Å². The summed E-state index contributed by atoms with van der Waals surface area (Å²) in [5.74, 6) is 0.636. The van der Waals surface area contributed by atoms with Crippen LogP contribution in [0, 0.1) is 5.82 Å². The van der Waals surface area contributed by atoms with Crippen molar-refractivity contribution in [2.75, 3.05) is 30.4 Å². The molecule has 1 fully saturated rings. The van der Waals surface area contributed by atoms with Crippen LogP contribution in [0.5, 0.6) is 0 Å². The average molecular weight is 424 g/mol. The molecule has 3 aromatic rings. The number of aromatic nitrogens is 2. The summed E-state index contributed by atoms with van der Waals surface area (Å²) in [5.41, 5.74) is 1.69. The second kappa shape index (κ2) is 8.21. The van der Waals surface area contributed by atoms with Crippen LogP contribution in [0.15, 0.2) is 48.8 Å². The Morgan fingerprint density at radius 2 is 1.94 bits per heavy atom. The third-order valence-corrected chi connectivity index (χ3v) is 5.77. The van der Waals surface area contributed by atoms with E-state index in [1.807, 2.05) is 17.2 Å². The lowest BCUT2D eigenvalue weighted by Crippen LogP contribution is -2.47. The SMILES string of the molecule is CN(c1ncccc1NC(C)(C)C)C1CCN(C(=O)n2ccc3cc(F)ccc32)CC1. The standard InChI is InChI=1S/C24H30FN5O/c1-24(2,3)27-20-6-5-12-26-22(20)28(4)19-10-13-29(14-11-19)23(31)30-15-9-17-16-18(25)7-8-21(17)30/h5-9,12,15-16,19,27H,10-11,13-14H2,1-4H3. The van der Waals surface area contributed by atoms with Crippen LogP contribution >= 0.6 is 0 Å². The van der Waals surface area contributed by atoms with Crippen molar-refractivity contribution in [3.05, 3.63) is 54.6 Å². The molecule has 7 heteroatoms. The number of likely N-dealkylation sites (tertiary alicyclic amines) is 1. The molecule has 0 saturated carbocycles. The Bertz CT molecular complexity index is 1080. The molecule has 6 nitrogen and oxygen atoms in total. The van der Waals surface area contributed by atoms with Gasteiger partial charge in [0.2, 0.25) is 0 Å². The number of amides is 1. The molecule has 164 valence electrons. The van der Waals surface area contributed by atoms with Gasteiger partial charge < -0.3 is 15.1 Å². The van der Waals surface area contributed by atoms with Gasteiger partial charge in [0.05, 0.1) is 11.2 Å². The van der Waals surface area contributed by atoms with E-state index in [1.165, 1.54) is 12.1 Å². The summed E-state index contributed by atoms with van der Waals surface area (Å²) in [7, 11) is 2.08. The smallest absolute Gasteiger partial charge is 0.328 e. The Morgan fingerprint density at radius 3 is 2.65 bits per heavy atom. The highest BCUT2D eigenvalue weighted by Crippen LogP contribution is 2.29. The van der Waals surface area contributed by atoms with E-state index >= 15 is 0 Å². The first-order valence-corrected chi connectivity index (χ1v) is 10.7. The van der Waals surface area contributed by atoms with E-state index in [9.17, 15) is 9.18 Å². The van der Waals surface area contributed by atoms with Crippen LogP contribution in [0.3, 0.4) is 0 Å². The Morgan fingerprint density at radius 1 is 1.19 bits per heavy atom. The molecule has 0 unspecified atom stereocenters. The fourth-order valence-corrected chi connectivity index (χ4v) is 4.23. The number of nitrogens with zero attached hydrogens (tertiary/aromatic N) is 4. The number of rotatable bonds is 3. The molecule has 1 N–H and O–H groups in total. The van der Waals surface area contributed by atoms with E-state index in [2.05, 4.69) is 49.1 Å². The van der Waals surface area contributed by atoms with Crippen molar-refractivity contribution in [3.8, 4) is 0 Å². The molecule has 0 aliphatic carbocycles. The molecule has 3 heterocycles. The van der Waals surface area contributed by atoms with Gasteiger partial charge in [-0.05, 0) is 70.0 Å². The van der Waals surface area contributed by atoms with Crippen molar-refractivity contribution < 1.29 is 9.18 Å². The van der Waals surface area contributed by atoms with Gasteiger partial charge >= 0.3 is 6.03 Å². The predicted octanol–water partition coefficient (Wildman–Crippen LogP) is 4.95. The van der Waals surface area contributed by atoms with Crippen LogP contribution in [0.25, 0.3) is 10.9 Å². The normalized spacial score (nSPS) is 15.3. The van der Waals surface area contributed by atoms with E-state index in [4.69, 9.17) is 0 Å². The van der Waals surface area contributed by atoms with Crippen LogP contribution in [-0.4, -0.2) is 52.2 Å². The molecule has 1 amide bonds. The fraction of sp³-hybridized carbons (Fsp3) is 0.417. The molecule has 0 spiro atoms. The average Bonchev–Trinajstić information content (AvgIpc) is 3.15. The molecule has 2 aromatic heterocycles. The third kappa shape index (κ3) is 4.50. The molecule has 0 radical (unpaired) electrons. The summed E-state index contributed by atoms with van der Waals surface area (Å²) < 4.78 is 15.1. The monoisotopic (exact) mass is 423 g/mol. The van der Waals surface area contributed by atoms with Gasteiger partial charge in [-0.25, -0.2) is 14.2 Å². The quantitative estimate of drug-likeness (QED) is 0.647. The van der Waals surface area contributed by atoms with Crippen molar-refractivity contribution in [1.29, 1.82) is 0 Å². The van der Waals surface area contributed by atoms with Gasteiger partial charge in [0.15, 0.2) is 5.82 Å². The number of hydrogen-bond donors (Lipinski definition) is 1. The summed E-state index contributed by atoms with van der Waals surface area (Å²) >= 11 is 0. The lowest BCUT2D eigenvalue weighted by molar-refractivity contribution is 0.183. The number of anilines is 2. The zero-order chi connectivity index (χ0) is 22.2. The van der Waals surface area contributed by atoms with E-state index in [-0.39, 0.29) is 17.4 Å². The van der Waals surface area contributed by atoms with Crippen molar-refractivity contribution in [1.82, 2.24) is 14.5 Å². The minimum absolute atomic E-state index is 0.0587. The molecule has 0 bridgehead atoms. The van der Waals surface area contributed by atoms with Gasteiger partial charge in [-0.2, -0.15) is 0 Å². The summed E-state index contributed by atoms with van der Waals surface area (Å²) in [4.78, 5) is 21.8. The van der Waals surface area contributed by atoms with Crippen LogP contribution in [0.2, 0.25) is 0 Å². The Labute approximate surface area is 182 Å². The Kier molecular flexibility index (Phi) is 5.60. The first-order valence-electron chi connectivity index (χ1n) is 10.7. The van der Waals surface area contributed by atoms with Gasteiger partial charge in [0.25, 0.3) is 0 Å². The maximum atomic E-state index is 13.5. The van der Waals surface area contributed by atoms with E-state index in [1.54, 1.807) is 22.9 Å². The molecular formula is C24H30FN5O. The minimum Gasteiger partial charge on any atom is -0.377 e. The van der Waals surface area contributed by atoms with Crippen molar-refractivity contribution in [2.24, 2.45) is 0 Å². The first kappa shape index (κ1) is 21.2. The van der Waals surface area contributed by atoms with Crippen LogP contribution in [0.1, 0.15) is 33.6 Å². The Hall–Kier alpha value is -3.09. The predicted molar refractivity (Wildman–Crippen MR) is 123 cm³/mol. The fourth-order valence-electron chi connectivity index (χ4n) is 4.23. The highest BCUT2D eigenvalue weighted by Gasteiger charge is 2.28. The molecule has 1 aliphatic heterocycles. The number of piperidine rings is 1. The number of hydrogen-bond acceptors (Lipinski definition) is 4. The lowest BCUT2D eigenvalue weighted by Gasteiger charge is -2.38. The zero-order valence-electron chi connectivity index (χ0n) is 18.6. The number of nitrogens with one attached hydrogen (secondary N) is 1. The van der Waals surface area contributed by atoms with Gasteiger partial charge in [-0.1, -0.05) is 0 Å². The van der Waals surface area contributed by atoms with E-state index in [0.29, 0.717) is 19.1 Å². The number of fused-ring (bicyclic) bond motifs is 1. The molecule has 1 aliphatic rings. The molecule has 1 aromatic carbocycles. The largest absolute Gasteiger partial charge is 0.377 e. The van der Waals surface area contributed by atoms with Gasteiger partial charge in [-0.3, -0.25) is 4.57 Å². The second-order valence-corrected chi connectivity index (χ2v) is 9.25. The number of benzene rings is 1. The molecular weight excluding hydrogens is 393 g/mol. The zero-order valence-corrected chi connectivity index (χ0v) is 18.6. The maximum Gasteiger partial charge on any atom is 0.328 e. The van der Waals surface area contributed by atoms with E-state index < -0.39 is 0 Å². The van der Waals surface area contributed by atoms with Crippen molar-refractivity contribution in [3.63, 3.8) is 0 Å². The highest BCUT2D eigenvalue weighted by atomic mass is 19.1. The maximum absolute atomic E-state index is 13.5. The molecule has 4 rings (SSSR count). The summed E-state index contributed by atoms with van der Waals surface area (Å²) in [6.45, 7) is 7.74. The first-order chi connectivity index (χ1) is 14.7. The number of pyridine rings is 1. The topological polar surface area (TPSA) is 53.4 Å². The molecule has 0 atom stereocenters. The highest BCUT2D eigenvalue weighted by molar-refractivity contribution is 5.91. The minimum atomic E-state index is -0.295. The van der Waals surface area contributed by atoms with Gasteiger partial charge in [-0.15, -0.1) is 0 Å². The lowest BCUT2D eigenvalue weighted by atomic mass is 10.0. The number of carbonyl (C=O) groups excluding carboxylic acids is 1. The van der Waals surface area contributed by atoms with Crippen molar-refractivity contribution in [2.45, 2.75) is 45.2 Å². The third-order valence-electron chi connectivity index (χ3n) is 5.77. The summed E-state index contributed by atoms with van der Waals surface area (Å²) in [6.07, 6.45) is 5.27. The molecule has 31 heavy (non-hydrogen) atoms. The van der Waals surface area contributed by atoms with Crippen LogP contribution in [0.4, 0.5) is 20.7 Å². The number of carbonyl (C=O) groups is 1. The number of halogens is 1. The van der Waals surface area contributed by atoms with E-state index in [0.717, 1.165) is 35.2 Å². The van der Waals surface area contributed by atoms with Crippen molar-refractivity contribution >= 4 is 28.4 Å². The Balaban J connectivity index is 1.44. The van der Waals surface area contributed by atoms with Crippen LogP contribution < -0.4 is 10.2 Å². The summed E-state index contributed by atoms with van der Waals surface area (Å²) in [5, 5.41) is 4.27. The molecule has 1 saturated heterocycles. The summed E-state index contributed by atoms with van der Waals surface area (Å²) in [6, 6.07) is 10.5. The van der Waals surface area contributed by atoms with Crippen LogP contribution in [-0.2, 0) is 0 Å².